The third-order valence-electron chi connectivity index (χ3n) is 6.28. The molecule has 1 amide bonds. The topological polar surface area (TPSA) is 75.7 Å². The lowest BCUT2D eigenvalue weighted by Crippen LogP contribution is -2.36. The first-order valence-corrected chi connectivity index (χ1v) is 13.0. The quantitative estimate of drug-likeness (QED) is 0.534. The maximum atomic E-state index is 13.5. The lowest BCUT2D eigenvalue weighted by molar-refractivity contribution is 0.0939. The monoisotopic (exact) mass is 478 g/mol. The molecule has 1 aliphatic rings. The molecule has 1 unspecified atom stereocenters. The Morgan fingerprint density at radius 1 is 0.941 bits per heavy atom. The number of hydrogen-bond donors (Lipinski definition) is 1. The number of rotatable bonds is 7. The Labute approximate surface area is 201 Å². The second-order valence-corrected chi connectivity index (χ2v) is 10.4. The molecule has 178 valence electrons. The van der Waals surface area contributed by atoms with Gasteiger partial charge in [0.25, 0.3) is 5.91 Å². The molecule has 4 rings (SSSR count). The molecule has 3 aromatic rings. The average Bonchev–Trinajstić information content (AvgIpc) is 2.88. The number of carbonyl (C=O) groups is 1. The van der Waals surface area contributed by atoms with E-state index in [9.17, 15) is 13.2 Å². The Hall–Kier alpha value is -3.16. The number of amides is 1. The molecule has 34 heavy (non-hydrogen) atoms. The normalized spacial score (nSPS) is 15.5. The van der Waals surface area contributed by atoms with Gasteiger partial charge >= 0.3 is 0 Å². The summed E-state index contributed by atoms with van der Waals surface area (Å²) >= 11 is 0. The predicted molar refractivity (Wildman–Crippen MR) is 133 cm³/mol. The van der Waals surface area contributed by atoms with Crippen LogP contribution in [0.3, 0.4) is 0 Å². The number of sulfonamides is 1. The SMILES string of the molecule is COc1ccc(S(=O)(=O)N2CCCCC2)cc1C(=O)NC(c1ccccc1)c1ccccc1C. The largest absolute Gasteiger partial charge is 0.496 e. The van der Waals surface area contributed by atoms with Crippen LogP contribution in [-0.2, 0) is 10.0 Å². The summed E-state index contributed by atoms with van der Waals surface area (Å²) in [5.74, 6) is -0.0728. The fourth-order valence-corrected chi connectivity index (χ4v) is 5.93. The summed E-state index contributed by atoms with van der Waals surface area (Å²) in [6.45, 7) is 3.00. The lowest BCUT2D eigenvalue weighted by Gasteiger charge is -2.26. The molecular weight excluding hydrogens is 448 g/mol. The summed E-state index contributed by atoms with van der Waals surface area (Å²) < 4.78 is 33.4. The number of piperidine rings is 1. The Morgan fingerprint density at radius 3 is 2.29 bits per heavy atom. The van der Waals surface area contributed by atoms with Gasteiger partial charge in [-0.2, -0.15) is 4.31 Å². The van der Waals surface area contributed by atoms with Crippen molar-refractivity contribution >= 4 is 15.9 Å². The number of benzene rings is 3. The highest BCUT2D eigenvalue weighted by atomic mass is 32.2. The van der Waals surface area contributed by atoms with Gasteiger partial charge in [-0.1, -0.05) is 61.0 Å². The molecule has 1 fully saturated rings. The van der Waals surface area contributed by atoms with E-state index < -0.39 is 22.0 Å². The van der Waals surface area contributed by atoms with Gasteiger partial charge in [-0.15, -0.1) is 0 Å². The number of ether oxygens (including phenoxy) is 1. The van der Waals surface area contributed by atoms with Gasteiger partial charge in [0.15, 0.2) is 0 Å². The van der Waals surface area contributed by atoms with Crippen LogP contribution in [0.2, 0.25) is 0 Å². The van der Waals surface area contributed by atoms with Gasteiger partial charge in [-0.05, 0) is 54.7 Å². The molecule has 0 radical (unpaired) electrons. The third-order valence-corrected chi connectivity index (χ3v) is 8.17. The molecule has 1 aliphatic heterocycles. The minimum atomic E-state index is -3.68. The van der Waals surface area contributed by atoms with Gasteiger partial charge in [0.1, 0.15) is 5.75 Å². The summed E-state index contributed by atoms with van der Waals surface area (Å²) in [4.78, 5) is 13.7. The number of methoxy groups -OCH3 is 1. The van der Waals surface area contributed by atoms with Crippen LogP contribution in [0.4, 0.5) is 0 Å². The van der Waals surface area contributed by atoms with Crippen molar-refractivity contribution in [1.82, 2.24) is 9.62 Å². The van der Waals surface area contributed by atoms with E-state index in [0.29, 0.717) is 18.8 Å². The smallest absolute Gasteiger partial charge is 0.255 e. The van der Waals surface area contributed by atoms with E-state index in [0.717, 1.165) is 36.0 Å². The van der Waals surface area contributed by atoms with E-state index in [1.54, 1.807) is 6.07 Å². The van der Waals surface area contributed by atoms with Crippen molar-refractivity contribution in [3.8, 4) is 5.75 Å². The molecule has 1 saturated heterocycles. The second kappa shape index (κ2) is 10.4. The van der Waals surface area contributed by atoms with Crippen LogP contribution in [0.1, 0.15) is 52.4 Å². The summed E-state index contributed by atoms with van der Waals surface area (Å²) in [6, 6.07) is 21.7. The van der Waals surface area contributed by atoms with Gasteiger partial charge in [-0.3, -0.25) is 4.79 Å². The van der Waals surface area contributed by atoms with E-state index in [1.807, 2.05) is 61.5 Å². The summed E-state index contributed by atoms with van der Waals surface area (Å²) in [5.41, 5.74) is 3.14. The fraction of sp³-hybridized carbons (Fsp3) is 0.296. The maximum Gasteiger partial charge on any atom is 0.255 e. The Bertz CT molecular complexity index is 1250. The van der Waals surface area contributed by atoms with Crippen molar-refractivity contribution in [1.29, 1.82) is 0 Å². The molecule has 0 spiro atoms. The van der Waals surface area contributed by atoms with Crippen molar-refractivity contribution in [2.45, 2.75) is 37.1 Å². The van der Waals surface area contributed by atoms with E-state index in [4.69, 9.17) is 4.74 Å². The molecule has 3 aromatic carbocycles. The zero-order chi connectivity index (χ0) is 24.1. The van der Waals surface area contributed by atoms with Crippen LogP contribution in [-0.4, -0.2) is 38.8 Å². The molecule has 6 nitrogen and oxygen atoms in total. The van der Waals surface area contributed by atoms with E-state index in [2.05, 4.69) is 5.32 Å². The van der Waals surface area contributed by atoms with E-state index in [1.165, 1.54) is 23.5 Å². The number of nitrogens with one attached hydrogen (secondary N) is 1. The minimum Gasteiger partial charge on any atom is -0.496 e. The van der Waals surface area contributed by atoms with Crippen LogP contribution in [0.15, 0.2) is 77.7 Å². The van der Waals surface area contributed by atoms with Gasteiger partial charge < -0.3 is 10.1 Å². The highest BCUT2D eigenvalue weighted by Crippen LogP contribution is 2.29. The number of carbonyl (C=O) groups excluding carboxylic acids is 1. The summed E-state index contributed by atoms with van der Waals surface area (Å²) in [7, 11) is -2.21. The zero-order valence-electron chi connectivity index (χ0n) is 19.5. The van der Waals surface area contributed by atoms with E-state index in [-0.39, 0.29) is 10.5 Å². The predicted octanol–water partition coefficient (Wildman–Crippen LogP) is 4.70. The third kappa shape index (κ3) is 5.00. The molecule has 1 N–H and O–H groups in total. The number of hydrogen-bond acceptors (Lipinski definition) is 4. The van der Waals surface area contributed by atoms with Crippen molar-refractivity contribution in [3.05, 3.63) is 95.1 Å². The molecule has 0 saturated carbocycles. The van der Waals surface area contributed by atoms with Gasteiger partial charge in [0.05, 0.1) is 23.6 Å². The first-order valence-electron chi connectivity index (χ1n) is 11.5. The molecular formula is C27H30N2O4S. The average molecular weight is 479 g/mol. The van der Waals surface area contributed by atoms with Gasteiger partial charge in [-0.25, -0.2) is 8.42 Å². The lowest BCUT2D eigenvalue weighted by atomic mass is 9.94. The number of nitrogens with zero attached hydrogens (tertiary/aromatic N) is 1. The maximum absolute atomic E-state index is 13.5. The highest BCUT2D eigenvalue weighted by molar-refractivity contribution is 7.89. The summed E-state index contributed by atoms with van der Waals surface area (Å²) in [6.07, 6.45) is 2.72. The van der Waals surface area contributed by atoms with Crippen LogP contribution >= 0.6 is 0 Å². The second-order valence-electron chi connectivity index (χ2n) is 8.50. The fourth-order valence-electron chi connectivity index (χ4n) is 4.38. The standard InChI is InChI=1S/C27H30N2O4S/c1-20-11-7-8-14-23(20)26(21-12-5-3-6-13-21)28-27(30)24-19-22(15-16-25(24)33-2)34(31,32)29-17-9-4-10-18-29/h3,5-8,11-16,19,26H,4,9-10,17-18H2,1-2H3,(H,28,30). The van der Waals surface area contributed by atoms with Crippen molar-refractivity contribution in [2.75, 3.05) is 20.2 Å². The first kappa shape index (κ1) is 24.0. The van der Waals surface area contributed by atoms with Crippen molar-refractivity contribution in [2.24, 2.45) is 0 Å². The summed E-state index contributed by atoms with van der Waals surface area (Å²) in [5, 5.41) is 3.11. The van der Waals surface area contributed by atoms with Crippen LogP contribution in [0.5, 0.6) is 5.75 Å². The highest BCUT2D eigenvalue weighted by Gasteiger charge is 2.28. The van der Waals surface area contributed by atoms with Crippen molar-refractivity contribution in [3.63, 3.8) is 0 Å². The Morgan fingerprint density at radius 2 is 1.62 bits per heavy atom. The van der Waals surface area contributed by atoms with Gasteiger partial charge in [0.2, 0.25) is 10.0 Å². The molecule has 0 aromatic heterocycles. The Balaban J connectivity index is 1.71. The molecule has 0 bridgehead atoms. The molecule has 0 aliphatic carbocycles. The molecule has 1 atom stereocenters. The molecule has 1 heterocycles. The van der Waals surface area contributed by atoms with Crippen LogP contribution in [0.25, 0.3) is 0 Å². The zero-order valence-corrected chi connectivity index (χ0v) is 20.3. The first-order chi connectivity index (χ1) is 16.4. The van der Waals surface area contributed by atoms with Crippen LogP contribution in [0, 0.1) is 6.92 Å². The van der Waals surface area contributed by atoms with E-state index >= 15 is 0 Å². The number of aryl methyl sites for hydroxylation is 1. The Kier molecular flexibility index (Phi) is 7.34. The minimum absolute atomic E-state index is 0.104. The molecule has 7 heteroatoms. The van der Waals surface area contributed by atoms with Gasteiger partial charge in [0, 0.05) is 13.1 Å². The van der Waals surface area contributed by atoms with Crippen molar-refractivity contribution < 1.29 is 17.9 Å². The van der Waals surface area contributed by atoms with Crippen LogP contribution < -0.4 is 10.1 Å².